The summed E-state index contributed by atoms with van der Waals surface area (Å²) in [5, 5.41) is 0.635. The van der Waals surface area contributed by atoms with Crippen LogP contribution in [0.1, 0.15) is 30.7 Å². The zero-order chi connectivity index (χ0) is 16.5. The van der Waals surface area contributed by atoms with Crippen LogP contribution >= 0.6 is 11.6 Å². The smallest absolute Gasteiger partial charge is 0.222 e. The average molecular weight is 321 g/mol. The van der Waals surface area contributed by atoms with Gasteiger partial charge in [0.25, 0.3) is 0 Å². The number of anilines is 2. The lowest BCUT2D eigenvalue weighted by Gasteiger charge is -2.22. The lowest BCUT2D eigenvalue weighted by Crippen LogP contribution is -2.14. The Morgan fingerprint density at radius 1 is 1.18 bits per heavy atom. The average Bonchev–Trinajstić information content (AvgIpc) is 2.37. The number of nitrogen functional groups attached to an aromatic ring is 2. The van der Waals surface area contributed by atoms with Gasteiger partial charge in [0, 0.05) is 10.4 Å². The standard InChI is InChI=1S/C16H18ClFN4/c1-9-13(14(19)22-15(20)21-9)12(18)8-16(2,3)10-4-6-11(17)7-5-10/h4-8H,1-3H3,(H4,19,20,21,22)/b12-8-. The first kappa shape index (κ1) is 16.2. The molecule has 0 unspecified atom stereocenters. The number of halogens is 2. The summed E-state index contributed by atoms with van der Waals surface area (Å²) >= 11 is 5.89. The summed E-state index contributed by atoms with van der Waals surface area (Å²) in [6.07, 6.45) is 1.49. The Morgan fingerprint density at radius 2 is 1.77 bits per heavy atom. The number of benzene rings is 1. The van der Waals surface area contributed by atoms with E-state index >= 15 is 0 Å². The van der Waals surface area contributed by atoms with Crippen LogP contribution in [0.2, 0.25) is 5.02 Å². The highest BCUT2D eigenvalue weighted by molar-refractivity contribution is 6.30. The van der Waals surface area contributed by atoms with E-state index in [9.17, 15) is 4.39 Å². The Kier molecular flexibility index (Phi) is 4.37. The van der Waals surface area contributed by atoms with Gasteiger partial charge in [-0.3, -0.25) is 0 Å². The van der Waals surface area contributed by atoms with Gasteiger partial charge < -0.3 is 11.5 Å². The van der Waals surface area contributed by atoms with Crippen molar-refractivity contribution in [3.8, 4) is 0 Å². The minimum atomic E-state index is -0.547. The summed E-state index contributed by atoms with van der Waals surface area (Å²) in [6.45, 7) is 5.45. The van der Waals surface area contributed by atoms with E-state index in [2.05, 4.69) is 9.97 Å². The molecular formula is C16H18ClFN4. The maximum atomic E-state index is 14.7. The van der Waals surface area contributed by atoms with Crippen molar-refractivity contribution in [1.29, 1.82) is 0 Å². The second-order valence-electron chi connectivity index (χ2n) is 5.65. The lowest BCUT2D eigenvalue weighted by atomic mass is 9.83. The SMILES string of the molecule is Cc1nc(N)nc(N)c1/C(F)=C/C(C)(C)c1ccc(Cl)cc1. The summed E-state index contributed by atoms with van der Waals surface area (Å²) in [5.74, 6) is -0.413. The molecule has 2 aromatic rings. The van der Waals surface area contributed by atoms with Gasteiger partial charge in [-0.15, -0.1) is 0 Å². The second kappa shape index (κ2) is 5.93. The third-order valence-corrected chi connectivity index (χ3v) is 3.70. The molecule has 0 aliphatic carbocycles. The summed E-state index contributed by atoms with van der Waals surface area (Å²) in [6, 6.07) is 7.27. The van der Waals surface area contributed by atoms with Gasteiger partial charge in [-0.25, -0.2) is 9.37 Å². The molecule has 0 bridgehead atoms. The van der Waals surface area contributed by atoms with Crippen molar-refractivity contribution in [1.82, 2.24) is 9.97 Å². The molecule has 116 valence electrons. The van der Waals surface area contributed by atoms with Crippen LogP contribution in [0.3, 0.4) is 0 Å². The van der Waals surface area contributed by atoms with Gasteiger partial charge in [0.2, 0.25) is 5.95 Å². The highest BCUT2D eigenvalue weighted by Gasteiger charge is 2.22. The number of nitrogens with two attached hydrogens (primary N) is 2. The molecule has 1 heterocycles. The molecule has 4 N–H and O–H groups in total. The molecule has 0 aliphatic heterocycles. The van der Waals surface area contributed by atoms with Crippen LogP contribution in [0.5, 0.6) is 0 Å². The molecule has 2 rings (SSSR count). The van der Waals surface area contributed by atoms with Crippen molar-refractivity contribution in [2.24, 2.45) is 0 Å². The number of rotatable bonds is 3. The molecule has 0 radical (unpaired) electrons. The largest absolute Gasteiger partial charge is 0.383 e. The molecule has 22 heavy (non-hydrogen) atoms. The van der Waals surface area contributed by atoms with Crippen molar-refractivity contribution in [2.45, 2.75) is 26.2 Å². The molecule has 4 nitrogen and oxygen atoms in total. The van der Waals surface area contributed by atoms with Crippen molar-refractivity contribution < 1.29 is 4.39 Å². The van der Waals surface area contributed by atoms with E-state index in [-0.39, 0.29) is 17.3 Å². The number of nitrogens with zero attached hydrogens (tertiary/aromatic N) is 2. The van der Waals surface area contributed by atoms with E-state index in [1.54, 1.807) is 19.1 Å². The first-order valence-corrected chi connectivity index (χ1v) is 7.13. The fourth-order valence-corrected chi connectivity index (χ4v) is 2.39. The predicted octanol–water partition coefficient (Wildman–Crippen LogP) is 3.89. The molecular weight excluding hydrogens is 303 g/mol. The Bertz CT molecular complexity index is 700. The molecule has 0 spiro atoms. The Morgan fingerprint density at radius 3 is 2.32 bits per heavy atom. The summed E-state index contributed by atoms with van der Waals surface area (Å²) in [7, 11) is 0. The van der Waals surface area contributed by atoms with E-state index in [1.807, 2.05) is 26.0 Å². The van der Waals surface area contributed by atoms with E-state index in [1.165, 1.54) is 6.08 Å². The number of aryl methyl sites for hydroxylation is 1. The fraction of sp³-hybridized carbons (Fsp3) is 0.250. The Hall–Kier alpha value is -2.14. The molecule has 0 fully saturated rings. The van der Waals surface area contributed by atoms with Crippen molar-refractivity contribution in [3.63, 3.8) is 0 Å². The fourth-order valence-electron chi connectivity index (χ4n) is 2.26. The predicted molar refractivity (Wildman–Crippen MR) is 89.2 cm³/mol. The van der Waals surface area contributed by atoms with Crippen LogP contribution < -0.4 is 11.5 Å². The van der Waals surface area contributed by atoms with E-state index in [0.29, 0.717) is 10.7 Å². The minimum absolute atomic E-state index is 0.0310. The van der Waals surface area contributed by atoms with Gasteiger partial charge in [-0.05, 0) is 30.7 Å². The van der Waals surface area contributed by atoms with E-state index in [0.717, 1.165) is 5.56 Å². The summed E-state index contributed by atoms with van der Waals surface area (Å²) in [4.78, 5) is 7.77. The van der Waals surface area contributed by atoms with Crippen LogP contribution in [-0.2, 0) is 5.41 Å². The maximum absolute atomic E-state index is 14.7. The van der Waals surface area contributed by atoms with Crippen molar-refractivity contribution in [2.75, 3.05) is 11.5 Å². The molecule has 6 heteroatoms. The van der Waals surface area contributed by atoms with E-state index < -0.39 is 11.2 Å². The zero-order valence-corrected chi connectivity index (χ0v) is 13.4. The van der Waals surface area contributed by atoms with Crippen LogP contribution in [0, 0.1) is 6.92 Å². The molecule has 0 atom stereocenters. The molecule has 0 saturated heterocycles. The molecule has 1 aromatic carbocycles. The van der Waals surface area contributed by atoms with Crippen LogP contribution in [0.15, 0.2) is 30.3 Å². The molecule has 1 aromatic heterocycles. The Balaban J connectivity index is 2.45. The number of hydrogen-bond donors (Lipinski definition) is 2. The quantitative estimate of drug-likeness (QED) is 0.899. The van der Waals surface area contributed by atoms with Gasteiger partial charge in [0.1, 0.15) is 11.6 Å². The van der Waals surface area contributed by atoms with Gasteiger partial charge in [0.05, 0.1) is 11.3 Å². The van der Waals surface area contributed by atoms with Gasteiger partial charge in [0.15, 0.2) is 0 Å². The van der Waals surface area contributed by atoms with Gasteiger partial charge in [-0.2, -0.15) is 4.98 Å². The summed E-state index contributed by atoms with van der Waals surface area (Å²) in [5.41, 5.74) is 12.2. The monoisotopic (exact) mass is 320 g/mol. The number of aromatic nitrogens is 2. The second-order valence-corrected chi connectivity index (χ2v) is 6.08. The van der Waals surface area contributed by atoms with Crippen molar-refractivity contribution in [3.05, 3.63) is 52.2 Å². The number of allylic oxidation sites excluding steroid dienone is 1. The molecule has 0 saturated carbocycles. The van der Waals surface area contributed by atoms with Gasteiger partial charge in [-0.1, -0.05) is 37.6 Å². The highest BCUT2D eigenvalue weighted by atomic mass is 35.5. The highest BCUT2D eigenvalue weighted by Crippen LogP contribution is 2.32. The summed E-state index contributed by atoms with van der Waals surface area (Å²) < 4.78 is 14.7. The van der Waals surface area contributed by atoms with E-state index in [4.69, 9.17) is 23.1 Å². The third kappa shape index (κ3) is 3.36. The lowest BCUT2D eigenvalue weighted by molar-refractivity contribution is 0.648. The topological polar surface area (TPSA) is 77.8 Å². The van der Waals surface area contributed by atoms with Gasteiger partial charge >= 0.3 is 0 Å². The first-order valence-electron chi connectivity index (χ1n) is 6.75. The minimum Gasteiger partial charge on any atom is -0.383 e. The number of hydrogen-bond acceptors (Lipinski definition) is 4. The maximum Gasteiger partial charge on any atom is 0.222 e. The van der Waals surface area contributed by atoms with Crippen LogP contribution in [-0.4, -0.2) is 9.97 Å². The first-order chi connectivity index (χ1) is 10.2. The van der Waals surface area contributed by atoms with Crippen molar-refractivity contribution >= 4 is 29.2 Å². The van der Waals surface area contributed by atoms with Crippen LogP contribution in [0.25, 0.3) is 5.83 Å². The van der Waals surface area contributed by atoms with Crippen LogP contribution in [0.4, 0.5) is 16.2 Å². The zero-order valence-electron chi connectivity index (χ0n) is 12.7. The Labute approximate surface area is 134 Å². The molecule has 0 amide bonds. The third-order valence-electron chi connectivity index (χ3n) is 3.45. The normalized spacial score (nSPS) is 12.5. The molecule has 0 aliphatic rings.